The van der Waals surface area contributed by atoms with Gasteiger partial charge in [-0.05, 0) is 68.7 Å². The number of benzene rings is 1. The molecule has 0 aromatic heterocycles. The van der Waals surface area contributed by atoms with E-state index in [0.29, 0.717) is 18.3 Å². The first-order chi connectivity index (χ1) is 10.8. The molecule has 3 nitrogen and oxygen atoms in total. The minimum atomic E-state index is -0.561. The lowest BCUT2D eigenvalue weighted by molar-refractivity contribution is 0.0667. The Hall–Kier alpha value is -1.22. The molecule has 0 amide bonds. The smallest absolute Gasteiger partial charge is 0.123 e. The second kappa shape index (κ2) is 9.17. The van der Waals surface area contributed by atoms with Crippen molar-refractivity contribution in [1.29, 1.82) is 0 Å². The van der Waals surface area contributed by atoms with Crippen LogP contribution in [-0.2, 0) is 12.8 Å². The van der Waals surface area contributed by atoms with Gasteiger partial charge in [0.05, 0.1) is 12.2 Å². The molecule has 0 heterocycles. The fourth-order valence-electron chi connectivity index (χ4n) is 2.75. The quantitative estimate of drug-likeness (QED) is 0.646. The Labute approximate surface area is 141 Å². The van der Waals surface area contributed by atoms with Crippen molar-refractivity contribution in [2.24, 2.45) is 5.92 Å². The maximum absolute atomic E-state index is 9.95. The number of aryl methyl sites for hydroxylation is 2. The summed E-state index contributed by atoms with van der Waals surface area (Å²) in [5.74, 6) is 1.87. The largest absolute Gasteiger partial charge is 0.508 e. The van der Waals surface area contributed by atoms with Crippen molar-refractivity contribution in [3.63, 3.8) is 0 Å². The molecule has 23 heavy (non-hydrogen) atoms. The van der Waals surface area contributed by atoms with Crippen molar-refractivity contribution in [3.05, 3.63) is 23.3 Å². The van der Waals surface area contributed by atoms with Crippen LogP contribution in [-0.4, -0.2) is 22.4 Å². The number of hydrogen-bond donors (Lipinski definition) is 2. The number of phenolic OH excluding ortho intramolecular Hbond substituents is 1. The SMILES string of the molecule is CCc1cc(OCCC(C)CCCC(C)(C)O)c(CC)cc1O. The zero-order chi connectivity index (χ0) is 17.5. The van der Waals surface area contributed by atoms with Crippen LogP contribution in [0.25, 0.3) is 0 Å². The first-order valence-electron chi connectivity index (χ1n) is 8.96. The number of aliphatic hydroxyl groups is 1. The molecular formula is C20H34O3. The molecule has 1 aromatic carbocycles. The van der Waals surface area contributed by atoms with E-state index in [9.17, 15) is 10.2 Å². The summed E-state index contributed by atoms with van der Waals surface area (Å²) in [7, 11) is 0. The van der Waals surface area contributed by atoms with Crippen molar-refractivity contribution in [1.82, 2.24) is 0 Å². The van der Waals surface area contributed by atoms with Gasteiger partial charge in [0.15, 0.2) is 0 Å². The van der Waals surface area contributed by atoms with Crippen LogP contribution >= 0.6 is 0 Å². The fourth-order valence-corrected chi connectivity index (χ4v) is 2.75. The molecule has 0 aliphatic heterocycles. The van der Waals surface area contributed by atoms with E-state index in [2.05, 4.69) is 13.8 Å². The van der Waals surface area contributed by atoms with Gasteiger partial charge in [-0.25, -0.2) is 0 Å². The van der Waals surface area contributed by atoms with Crippen LogP contribution in [0.5, 0.6) is 11.5 Å². The highest BCUT2D eigenvalue weighted by molar-refractivity contribution is 5.45. The maximum atomic E-state index is 9.95. The Morgan fingerprint density at radius 1 is 1.09 bits per heavy atom. The molecule has 1 rings (SSSR count). The molecule has 1 unspecified atom stereocenters. The van der Waals surface area contributed by atoms with Gasteiger partial charge in [-0.15, -0.1) is 0 Å². The lowest BCUT2D eigenvalue weighted by Gasteiger charge is -2.19. The zero-order valence-electron chi connectivity index (χ0n) is 15.5. The third-order valence-corrected chi connectivity index (χ3v) is 4.38. The van der Waals surface area contributed by atoms with Crippen molar-refractivity contribution in [2.45, 2.75) is 78.7 Å². The van der Waals surface area contributed by atoms with Crippen LogP contribution < -0.4 is 4.74 Å². The van der Waals surface area contributed by atoms with Gasteiger partial charge in [-0.1, -0.05) is 33.6 Å². The molecule has 0 fully saturated rings. The number of phenols is 1. The summed E-state index contributed by atoms with van der Waals surface area (Å²) in [6.07, 6.45) is 5.68. The molecular weight excluding hydrogens is 288 g/mol. The molecule has 0 bridgehead atoms. The summed E-state index contributed by atoms with van der Waals surface area (Å²) >= 11 is 0. The van der Waals surface area contributed by atoms with Crippen LogP contribution in [0.15, 0.2) is 12.1 Å². The number of rotatable bonds is 10. The lowest BCUT2D eigenvalue weighted by Crippen LogP contribution is -2.18. The van der Waals surface area contributed by atoms with E-state index in [1.807, 2.05) is 32.9 Å². The van der Waals surface area contributed by atoms with E-state index in [-0.39, 0.29) is 0 Å². The molecule has 2 N–H and O–H groups in total. The Morgan fingerprint density at radius 3 is 2.30 bits per heavy atom. The number of hydrogen-bond acceptors (Lipinski definition) is 3. The molecule has 1 atom stereocenters. The highest BCUT2D eigenvalue weighted by atomic mass is 16.5. The fraction of sp³-hybridized carbons (Fsp3) is 0.700. The molecule has 0 aliphatic rings. The summed E-state index contributed by atoms with van der Waals surface area (Å²) in [6.45, 7) is 10.8. The normalized spacial score (nSPS) is 13.1. The Kier molecular flexibility index (Phi) is 7.90. The molecule has 0 saturated carbocycles. The monoisotopic (exact) mass is 322 g/mol. The molecule has 0 saturated heterocycles. The third-order valence-electron chi connectivity index (χ3n) is 4.38. The van der Waals surface area contributed by atoms with E-state index in [1.165, 1.54) is 0 Å². The molecule has 0 aliphatic carbocycles. The van der Waals surface area contributed by atoms with Gasteiger partial charge in [-0.3, -0.25) is 0 Å². The predicted octanol–water partition coefficient (Wildman–Crippen LogP) is 4.86. The second-order valence-electron chi connectivity index (χ2n) is 7.24. The van der Waals surface area contributed by atoms with Gasteiger partial charge in [0.1, 0.15) is 11.5 Å². The van der Waals surface area contributed by atoms with Crippen molar-refractivity contribution in [2.75, 3.05) is 6.61 Å². The average molecular weight is 322 g/mol. The molecule has 1 aromatic rings. The van der Waals surface area contributed by atoms with E-state index in [0.717, 1.165) is 55.4 Å². The highest BCUT2D eigenvalue weighted by Crippen LogP contribution is 2.29. The van der Waals surface area contributed by atoms with E-state index < -0.39 is 5.60 Å². The highest BCUT2D eigenvalue weighted by Gasteiger charge is 2.13. The van der Waals surface area contributed by atoms with Crippen molar-refractivity contribution >= 4 is 0 Å². The third kappa shape index (κ3) is 7.26. The van der Waals surface area contributed by atoms with Crippen LogP contribution in [0.2, 0.25) is 0 Å². The Bertz CT molecular complexity index is 475. The summed E-state index contributed by atoms with van der Waals surface area (Å²) in [4.78, 5) is 0. The van der Waals surface area contributed by atoms with Crippen LogP contribution in [0.3, 0.4) is 0 Å². The second-order valence-corrected chi connectivity index (χ2v) is 7.24. The summed E-state index contributed by atoms with van der Waals surface area (Å²) < 4.78 is 5.98. The van der Waals surface area contributed by atoms with E-state index in [4.69, 9.17) is 4.74 Å². The van der Waals surface area contributed by atoms with Gasteiger partial charge < -0.3 is 14.9 Å². The molecule has 0 radical (unpaired) electrons. The summed E-state index contributed by atoms with van der Waals surface area (Å²) in [5.41, 5.74) is 1.44. The Morgan fingerprint density at radius 2 is 1.74 bits per heavy atom. The van der Waals surface area contributed by atoms with Gasteiger partial charge in [0.2, 0.25) is 0 Å². The first kappa shape index (κ1) is 19.8. The Balaban J connectivity index is 2.46. The van der Waals surface area contributed by atoms with Gasteiger partial charge in [0.25, 0.3) is 0 Å². The standard InChI is InChI=1S/C20H34O3/c1-6-16-14-19(17(7-2)13-18(16)21)23-12-10-15(3)9-8-11-20(4,5)22/h13-15,21-22H,6-12H2,1-5H3. The molecule has 132 valence electrons. The summed E-state index contributed by atoms with van der Waals surface area (Å²) in [5, 5.41) is 19.7. The van der Waals surface area contributed by atoms with Crippen LogP contribution in [0, 0.1) is 5.92 Å². The topological polar surface area (TPSA) is 49.7 Å². The van der Waals surface area contributed by atoms with E-state index >= 15 is 0 Å². The van der Waals surface area contributed by atoms with E-state index in [1.54, 1.807) is 0 Å². The minimum Gasteiger partial charge on any atom is -0.508 e. The zero-order valence-corrected chi connectivity index (χ0v) is 15.5. The average Bonchev–Trinajstić information content (AvgIpc) is 2.46. The maximum Gasteiger partial charge on any atom is 0.123 e. The van der Waals surface area contributed by atoms with Crippen molar-refractivity contribution < 1.29 is 14.9 Å². The predicted molar refractivity (Wildman–Crippen MR) is 96.3 cm³/mol. The van der Waals surface area contributed by atoms with Gasteiger partial charge in [0, 0.05) is 0 Å². The first-order valence-corrected chi connectivity index (χ1v) is 8.96. The minimum absolute atomic E-state index is 0.372. The molecule has 0 spiro atoms. The van der Waals surface area contributed by atoms with Gasteiger partial charge >= 0.3 is 0 Å². The van der Waals surface area contributed by atoms with Crippen LogP contribution in [0.1, 0.15) is 71.4 Å². The molecule has 3 heteroatoms. The lowest BCUT2D eigenvalue weighted by atomic mass is 9.95. The van der Waals surface area contributed by atoms with Crippen molar-refractivity contribution in [3.8, 4) is 11.5 Å². The number of aromatic hydroxyl groups is 1. The van der Waals surface area contributed by atoms with Crippen LogP contribution in [0.4, 0.5) is 0 Å². The number of ether oxygens (including phenoxy) is 1. The summed E-state index contributed by atoms with van der Waals surface area (Å²) in [6, 6.07) is 3.81. The van der Waals surface area contributed by atoms with Gasteiger partial charge in [-0.2, -0.15) is 0 Å².